The van der Waals surface area contributed by atoms with Gasteiger partial charge in [0, 0.05) is 0 Å². The summed E-state index contributed by atoms with van der Waals surface area (Å²) in [5, 5.41) is 3.35. The number of amides is 1. The monoisotopic (exact) mass is 365 g/mol. The van der Waals surface area contributed by atoms with Crippen molar-refractivity contribution in [1.29, 1.82) is 0 Å². The minimum atomic E-state index is -4.46. The molecule has 0 aliphatic rings. The summed E-state index contributed by atoms with van der Waals surface area (Å²) in [6.07, 6.45) is -3.73. The van der Waals surface area contributed by atoms with Gasteiger partial charge in [0.2, 0.25) is 0 Å². The van der Waals surface area contributed by atoms with Crippen LogP contribution in [0.4, 0.5) is 19.0 Å². The van der Waals surface area contributed by atoms with Crippen LogP contribution in [-0.4, -0.2) is 17.4 Å². The van der Waals surface area contributed by atoms with E-state index in [4.69, 9.17) is 11.6 Å². The number of hydrogen-bond donors (Lipinski definition) is 2. The van der Waals surface area contributed by atoms with E-state index < -0.39 is 11.7 Å². The molecule has 0 spiro atoms. The summed E-state index contributed by atoms with van der Waals surface area (Å²) in [5.41, 5.74) is -0.887. The van der Waals surface area contributed by atoms with Crippen LogP contribution in [0.25, 0.3) is 0 Å². The summed E-state index contributed by atoms with van der Waals surface area (Å²) in [4.78, 5) is 14.9. The van der Waals surface area contributed by atoms with Crippen LogP contribution in [0.2, 0.25) is 10.3 Å². The van der Waals surface area contributed by atoms with Crippen molar-refractivity contribution in [2.24, 2.45) is 5.92 Å². The van der Waals surface area contributed by atoms with E-state index in [0.717, 1.165) is 12.3 Å². The van der Waals surface area contributed by atoms with Crippen molar-refractivity contribution in [3.63, 3.8) is 0 Å². The number of hydrogen-bond acceptors (Lipinski definition) is 3. The Kier molecular flexibility index (Phi) is 6.77. The normalized spacial score (nSPS) is 11.8. The van der Waals surface area contributed by atoms with Crippen LogP contribution in [0.3, 0.4) is 0 Å². The molecule has 4 nitrogen and oxygen atoms in total. The Bertz CT molecular complexity index is 497. The fourth-order valence-corrected chi connectivity index (χ4v) is 2.30. The fourth-order valence-electron chi connectivity index (χ4n) is 1.14. The molecule has 0 unspecified atom stereocenters. The SMILES string of the molecule is CC(C)C(=O)[NH][Fe][CH2]CNc1ncc(C(F)(F)F)cc1Cl. The van der Waals surface area contributed by atoms with Gasteiger partial charge in [-0.15, -0.1) is 0 Å². The van der Waals surface area contributed by atoms with Crippen LogP contribution >= 0.6 is 11.6 Å². The van der Waals surface area contributed by atoms with Crippen molar-refractivity contribution in [2.75, 3.05) is 11.9 Å². The van der Waals surface area contributed by atoms with Gasteiger partial charge in [0.1, 0.15) is 0 Å². The van der Waals surface area contributed by atoms with Crippen molar-refractivity contribution >= 4 is 23.3 Å². The first-order valence-corrected chi connectivity index (χ1v) is 7.74. The Morgan fingerprint density at radius 2 is 2.14 bits per heavy atom. The number of rotatable bonds is 6. The van der Waals surface area contributed by atoms with Crippen molar-refractivity contribution < 1.29 is 33.1 Å². The molecule has 21 heavy (non-hydrogen) atoms. The molecule has 0 aliphatic carbocycles. The van der Waals surface area contributed by atoms with Crippen LogP contribution in [-0.2, 0) is 26.1 Å². The van der Waals surface area contributed by atoms with E-state index in [1.54, 1.807) is 13.8 Å². The van der Waals surface area contributed by atoms with Gasteiger partial charge in [0.05, 0.1) is 0 Å². The van der Waals surface area contributed by atoms with Gasteiger partial charge in [0.25, 0.3) is 0 Å². The van der Waals surface area contributed by atoms with Gasteiger partial charge < -0.3 is 0 Å². The number of nitrogens with one attached hydrogen (secondary N) is 2. The summed E-state index contributed by atoms with van der Waals surface area (Å²) in [7, 11) is 0. The molecule has 1 amide bonds. The molecule has 0 bridgehead atoms. The number of halogens is 4. The van der Waals surface area contributed by atoms with Gasteiger partial charge in [0.15, 0.2) is 0 Å². The van der Waals surface area contributed by atoms with E-state index in [9.17, 15) is 18.0 Å². The quantitative estimate of drug-likeness (QED) is 0.600. The number of pyridine rings is 1. The Morgan fingerprint density at radius 1 is 1.48 bits per heavy atom. The molecule has 0 aliphatic heterocycles. The molecule has 120 valence electrons. The van der Waals surface area contributed by atoms with Gasteiger partial charge in [-0.25, -0.2) is 0 Å². The zero-order valence-electron chi connectivity index (χ0n) is 11.4. The first kappa shape index (κ1) is 18.1. The average molecular weight is 366 g/mol. The summed E-state index contributed by atoms with van der Waals surface area (Å²) in [6, 6.07) is 0.831. The molecule has 0 saturated heterocycles. The zero-order chi connectivity index (χ0) is 16.0. The predicted octanol–water partition coefficient (Wildman–Crippen LogP) is 3.35. The van der Waals surface area contributed by atoms with Crippen LogP contribution in [0.1, 0.15) is 19.4 Å². The molecule has 0 aromatic carbocycles. The standard InChI is InChI=1S/C8H7ClF3N2.C4H9NO.Fe/c1-2-13-7-6(9)3-5(4-14-7)8(10,11)12;1-3(2)4(5)6;/h3-4H,1-2H2,(H,13,14);3H,1-2H3,(H2,5,6);/q;;+1/p-1. The zero-order valence-corrected chi connectivity index (χ0v) is 13.2. The summed E-state index contributed by atoms with van der Waals surface area (Å²) >= 11 is 6.22. The van der Waals surface area contributed by atoms with E-state index in [1.807, 2.05) is 0 Å². The van der Waals surface area contributed by atoms with Crippen molar-refractivity contribution in [3.8, 4) is 0 Å². The molecule has 1 heterocycles. The van der Waals surface area contributed by atoms with Gasteiger partial charge in [-0.05, 0) is 0 Å². The third-order valence-electron chi connectivity index (χ3n) is 2.31. The Morgan fingerprint density at radius 3 is 2.67 bits per heavy atom. The number of alkyl halides is 3. The van der Waals surface area contributed by atoms with Crippen LogP contribution in [0.5, 0.6) is 0 Å². The van der Waals surface area contributed by atoms with Gasteiger partial charge in [-0.1, -0.05) is 0 Å². The topological polar surface area (TPSA) is 54.0 Å². The number of anilines is 1. The second kappa shape index (κ2) is 7.87. The van der Waals surface area contributed by atoms with E-state index in [1.165, 1.54) is 0 Å². The molecule has 2 N–H and O–H groups in total. The molecule has 1 aromatic heterocycles. The average Bonchev–Trinajstić information content (AvgIpc) is 2.38. The summed E-state index contributed by atoms with van der Waals surface area (Å²) in [5.74, 6) is 0.0736. The number of nitrogens with zero attached hydrogens (tertiary/aromatic N) is 1. The summed E-state index contributed by atoms with van der Waals surface area (Å²) < 4.78 is 40.0. The van der Waals surface area contributed by atoms with Crippen LogP contribution in [0, 0.1) is 5.92 Å². The number of carbonyl (C=O) groups excluding carboxylic acids is 1. The first-order chi connectivity index (χ1) is 9.71. The van der Waals surface area contributed by atoms with E-state index in [2.05, 4.69) is 14.6 Å². The summed E-state index contributed by atoms with van der Waals surface area (Å²) in [6.45, 7) is 4.02. The minimum absolute atomic E-state index is 0.0410. The van der Waals surface area contributed by atoms with E-state index >= 15 is 0 Å². The second-order valence-electron chi connectivity index (χ2n) is 4.39. The van der Waals surface area contributed by atoms with Gasteiger partial charge in [-0.3, -0.25) is 0 Å². The third kappa shape index (κ3) is 6.11. The molecule has 0 fully saturated rings. The molecule has 1 rings (SSSR count). The van der Waals surface area contributed by atoms with Gasteiger partial charge in [-0.2, -0.15) is 0 Å². The van der Waals surface area contributed by atoms with Crippen LogP contribution < -0.4 is 9.65 Å². The Balaban J connectivity index is 2.41. The molecular weight excluding hydrogens is 350 g/mol. The molecule has 0 radical (unpaired) electrons. The van der Waals surface area contributed by atoms with Crippen molar-refractivity contribution in [2.45, 2.75) is 25.3 Å². The fraction of sp³-hybridized carbons (Fsp3) is 0.500. The number of carbonyl (C=O) groups is 1. The van der Waals surface area contributed by atoms with Crippen molar-refractivity contribution in [3.05, 3.63) is 22.8 Å². The maximum absolute atomic E-state index is 12.4. The van der Waals surface area contributed by atoms with Crippen LogP contribution in [0.15, 0.2) is 12.3 Å². The van der Waals surface area contributed by atoms with Gasteiger partial charge >= 0.3 is 132 Å². The van der Waals surface area contributed by atoms with E-state index in [-0.39, 0.29) is 22.7 Å². The molecule has 9 heteroatoms. The third-order valence-corrected chi connectivity index (χ3v) is 3.62. The first-order valence-electron chi connectivity index (χ1n) is 6.03. The second-order valence-corrected chi connectivity index (χ2v) is 6.01. The maximum atomic E-state index is 12.4. The molecule has 0 saturated carbocycles. The molecule has 0 atom stereocenters. The predicted molar refractivity (Wildman–Crippen MR) is 70.5 cm³/mol. The van der Waals surface area contributed by atoms with Crippen molar-refractivity contribution in [1.82, 2.24) is 9.32 Å². The molecule has 1 aromatic rings. The Labute approximate surface area is 132 Å². The van der Waals surface area contributed by atoms with E-state index in [0.29, 0.717) is 27.0 Å². The Hall–Kier alpha value is -0.981. The number of aromatic nitrogens is 1. The molecular formula is C12H15ClF3FeN3O.